The molecule has 0 saturated heterocycles. The van der Waals surface area contributed by atoms with Crippen molar-refractivity contribution in [2.75, 3.05) is 0 Å². The summed E-state index contributed by atoms with van der Waals surface area (Å²) in [5.41, 5.74) is 0. The van der Waals surface area contributed by atoms with Crippen LogP contribution < -0.4 is 0 Å². The van der Waals surface area contributed by atoms with Gasteiger partial charge < -0.3 is 0 Å². The molecule has 4 heavy (non-hydrogen) atoms. The second kappa shape index (κ2) is 19.1. The van der Waals surface area contributed by atoms with Crippen molar-refractivity contribution in [1.82, 2.24) is 0 Å². The standard InChI is InChI=1S/AsH3.Li.S.Sn/h1H3;;;. The van der Waals surface area contributed by atoms with Crippen LogP contribution in [0.5, 0.6) is 0 Å². The average Bonchev–Trinajstić information content (AvgIpc) is 1.00. The molecule has 19 valence electrons. The molecule has 0 fully saturated rings. The summed E-state index contributed by atoms with van der Waals surface area (Å²) in [7, 11) is 4.17. The molecule has 0 bridgehead atoms. The predicted octanol–water partition coefficient (Wildman–Crippen LogP) is -1.30. The van der Waals surface area contributed by atoms with E-state index in [-0.39, 0.29) is 36.8 Å². The van der Waals surface area contributed by atoms with Crippen molar-refractivity contribution in [3.63, 3.8) is 0 Å². The molecule has 0 aliphatic carbocycles. The summed E-state index contributed by atoms with van der Waals surface area (Å²) in [6.07, 6.45) is 0. The van der Waals surface area contributed by atoms with Gasteiger partial charge in [0.2, 0.25) is 0 Å². The zero-order chi connectivity index (χ0) is 2.00. The third-order valence-electron chi connectivity index (χ3n) is 0. The van der Waals surface area contributed by atoms with Gasteiger partial charge in [-0.3, -0.25) is 0 Å². The summed E-state index contributed by atoms with van der Waals surface area (Å²) in [4.78, 5) is 0. The van der Waals surface area contributed by atoms with E-state index >= 15 is 0 Å². The van der Waals surface area contributed by atoms with Crippen molar-refractivity contribution in [1.29, 1.82) is 0 Å². The molecular formula is H3AsLiSSn. The molecule has 0 heterocycles. The Hall–Kier alpha value is 2.17. The van der Waals surface area contributed by atoms with Crippen molar-refractivity contribution in [2.24, 2.45) is 0 Å². The first-order valence-electron chi connectivity index (χ1n) is 0.204. The number of rotatable bonds is 0. The van der Waals surface area contributed by atoms with Crippen LogP contribution in [0, 0.1) is 0 Å². The van der Waals surface area contributed by atoms with Gasteiger partial charge >= 0.3 is 47.8 Å². The van der Waals surface area contributed by atoms with Crippen LogP contribution in [0.1, 0.15) is 0 Å². The van der Waals surface area contributed by atoms with E-state index < -0.39 is 0 Å². The fraction of sp³-hybridized carbons (Fsp3) is 0. The van der Waals surface area contributed by atoms with E-state index in [1.807, 2.05) is 0 Å². The molecule has 0 rings (SSSR count). The fourth-order valence-electron chi connectivity index (χ4n) is 0. The predicted molar refractivity (Wildman–Crippen MR) is 29.0 cm³/mol. The molecule has 0 aromatic carbocycles. The molecule has 3 radical (unpaired) electrons. The third-order valence-corrected chi connectivity index (χ3v) is 0. The Morgan fingerprint density at radius 2 is 1.25 bits per heavy atom. The first-order valence-corrected chi connectivity index (χ1v) is 4.11. The van der Waals surface area contributed by atoms with Crippen LogP contribution in [-0.2, 0) is 0 Å². The molecule has 0 aromatic heterocycles. The summed E-state index contributed by atoms with van der Waals surface area (Å²) in [5.74, 6) is 0. The Kier molecular flexibility index (Phi) is 78.2. The molecule has 0 nitrogen and oxygen atoms in total. The number of hydrogen-bond donors (Lipinski definition) is 0. The van der Waals surface area contributed by atoms with Gasteiger partial charge in [-0.1, -0.05) is 0 Å². The van der Waals surface area contributed by atoms with Gasteiger partial charge in [-0.05, 0) is 0 Å². The van der Waals surface area contributed by atoms with E-state index in [9.17, 15) is 0 Å². The van der Waals surface area contributed by atoms with Crippen molar-refractivity contribution in [2.45, 2.75) is 0 Å². The van der Waals surface area contributed by atoms with E-state index in [4.69, 9.17) is 0 Å². The topological polar surface area (TPSA) is 0 Å². The van der Waals surface area contributed by atoms with Gasteiger partial charge in [0.05, 0.1) is 0 Å². The first kappa shape index (κ1) is 16.4. The van der Waals surface area contributed by atoms with Gasteiger partial charge in [-0.25, -0.2) is 0 Å². The van der Waals surface area contributed by atoms with Gasteiger partial charge in [-0.15, -0.1) is 0 Å². The Labute approximate surface area is 65.8 Å². The Balaban J connectivity index is -0.00000000500. The zero-order valence-corrected chi connectivity index (χ0v) is 9.25. The second-order valence-corrected chi connectivity index (χ2v) is 0. The maximum absolute atomic E-state index is 4.17. The van der Waals surface area contributed by atoms with E-state index in [2.05, 4.69) is 9.29 Å². The first-order chi connectivity index (χ1) is 1.00. The molecule has 1 unspecified atom stereocenters. The monoisotopic (exact) mass is 237 g/mol. The molecule has 0 aromatic rings. The summed E-state index contributed by atoms with van der Waals surface area (Å²) in [6, 6.07) is 0. The summed E-state index contributed by atoms with van der Waals surface area (Å²) in [6.45, 7) is 0. The number of hydrogen-bond acceptors (Lipinski definition) is 1. The van der Waals surface area contributed by atoms with E-state index in [0.29, 0.717) is 0 Å². The Morgan fingerprint density at radius 1 is 1.25 bits per heavy atom. The molecular weight excluding hydrogens is 233 g/mol. The van der Waals surface area contributed by atoms with Crippen LogP contribution in [0.3, 0.4) is 0 Å². The normalized spacial score (nSPS) is 1.00. The molecule has 0 saturated carbocycles. The fourth-order valence-corrected chi connectivity index (χ4v) is 0. The van der Waals surface area contributed by atoms with Crippen LogP contribution in [-0.4, -0.2) is 57.4 Å². The molecule has 0 aliphatic rings. The van der Waals surface area contributed by atoms with Crippen LogP contribution in [0.2, 0.25) is 0 Å². The average molecular weight is 236 g/mol. The molecule has 0 spiro atoms. The van der Waals surface area contributed by atoms with Crippen molar-refractivity contribution in [3.05, 3.63) is 0 Å². The zero-order valence-electron chi connectivity index (χ0n) is 2.62. The quantitative estimate of drug-likeness (QED) is 0.471. The van der Waals surface area contributed by atoms with Crippen LogP contribution in [0.25, 0.3) is 0 Å². The minimum absolute atomic E-state index is 0. The Morgan fingerprint density at radius 3 is 1.25 bits per heavy atom. The van der Waals surface area contributed by atoms with Gasteiger partial charge in [-0.2, -0.15) is 0 Å². The van der Waals surface area contributed by atoms with Gasteiger partial charge in [0, 0.05) is 18.9 Å². The summed E-state index contributed by atoms with van der Waals surface area (Å²) < 4.78 is 0. The third kappa shape index (κ3) is 8.90. The minimum atomic E-state index is 0. The van der Waals surface area contributed by atoms with Crippen LogP contribution >= 0.6 is 9.29 Å². The second-order valence-electron chi connectivity index (χ2n) is 0. The molecule has 1 atom stereocenters. The maximum atomic E-state index is 4.17. The molecule has 0 amide bonds. The molecule has 4 heteroatoms. The molecule has 0 N–H and O–H groups in total. The van der Waals surface area contributed by atoms with Crippen LogP contribution in [0.15, 0.2) is 0 Å². The van der Waals surface area contributed by atoms with Crippen molar-refractivity contribution in [3.8, 4) is 0 Å². The van der Waals surface area contributed by atoms with Crippen LogP contribution in [0.4, 0.5) is 0 Å². The van der Waals surface area contributed by atoms with Gasteiger partial charge in [0.15, 0.2) is 0 Å². The van der Waals surface area contributed by atoms with E-state index in [0.717, 1.165) is 20.6 Å². The van der Waals surface area contributed by atoms with Crippen molar-refractivity contribution < 1.29 is 0 Å². The van der Waals surface area contributed by atoms with E-state index in [1.165, 1.54) is 0 Å². The molecule has 0 aliphatic heterocycles. The van der Waals surface area contributed by atoms with Gasteiger partial charge in [0.25, 0.3) is 0 Å². The van der Waals surface area contributed by atoms with Gasteiger partial charge in [0.1, 0.15) is 0 Å². The summed E-state index contributed by atoms with van der Waals surface area (Å²) >= 11 is 1.13. The van der Waals surface area contributed by atoms with Crippen molar-refractivity contribution >= 4 is 66.7 Å². The Bertz CT molecular complexity index is 8.00. The van der Waals surface area contributed by atoms with E-state index in [1.54, 1.807) is 0 Å². The summed E-state index contributed by atoms with van der Waals surface area (Å²) in [5, 5.41) is 0. The SMILES string of the molecule is [AsH3].[Li].[S]=[Sn].